The van der Waals surface area contributed by atoms with Gasteiger partial charge in [-0.15, -0.1) is 0 Å². The summed E-state index contributed by atoms with van der Waals surface area (Å²) in [6.45, 7) is 0.134. The minimum absolute atomic E-state index is 0.132. The molecule has 1 heterocycles. The fraction of sp³-hybridized carbons (Fsp3) is 0.417. The molecule has 9 nitrogen and oxygen atoms in total. The highest BCUT2D eigenvalue weighted by Gasteiger charge is 2.23. The third-order valence-corrected chi connectivity index (χ3v) is 2.88. The number of pyridine rings is 1. The third kappa shape index (κ3) is 4.13. The first-order valence-corrected chi connectivity index (χ1v) is 6.39. The second-order valence-electron chi connectivity index (χ2n) is 4.65. The van der Waals surface area contributed by atoms with Crippen molar-refractivity contribution in [3.8, 4) is 0 Å². The number of carboxylic acid groups (broad SMARTS) is 1. The second kappa shape index (κ2) is 6.16. The Morgan fingerprint density at radius 3 is 2.71 bits per heavy atom. The first kappa shape index (κ1) is 14.7. The highest BCUT2D eigenvalue weighted by molar-refractivity contribution is 5.86. The Hall–Kier alpha value is -2.71. The van der Waals surface area contributed by atoms with Crippen LogP contribution >= 0.6 is 0 Å². The number of hydrogen-bond acceptors (Lipinski definition) is 6. The Morgan fingerprint density at radius 1 is 1.43 bits per heavy atom. The Balaban J connectivity index is 1.98. The van der Waals surface area contributed by atoms with E-state index >= 15 is 0 Å². The summed E-state index contributed by atoms with van der Waals surface area (Å²) < 4.78 is 0. The predicted octanol–water partition coefficient (Wildman–Crippen LogP) is 0.769. The molecule has 3 N–H and O–H groups in total. The van der Waals surface area contributed by atoms with E-state index < -0.39 is 10.9 Å². The fourth-order valence-electron chi connectivity index (χ4n) is 1.67. The molecular formula is C12H14N4O5. The van der Waals surface area contributed by atoms with Crippen molar-refractivity contribution in [1.82, 2.24) is 10.3 Å². The van der Waals surface area contributed by atoms with Gasteiger partial charge in [0, 0.05) is 25.1 Å². The number of amides is 1. The van der Waals surface area contributed by atoms with Crippen LogP contribution in [0.1, 0.15) is 29.8 Å². The average molecular weight is 294 g/mol. The minimum Gasteiger partial charge on any atom is -0.477 e. The maximum atomic E-state index is 11.5. The van der Waals surface area contributed by atoms with Crippen LogP contribution in [-0.2, 0) is 4.79 Å². The van der Waals surface area contributed by atoms with Crippen LogP contribution in [0.15, 0.2) is 12.1 Å². The number of aromatic carboxylic acids is 1. The van der Waals surface area contributed by atoms with Crippen LogP contribution < -0.4 is 10.6 Å². The van der Waals surface area contributed by atoms with E-state index in [9.17, 15) is 19.7 Å². The number of nitro groups is 1. The number of carboxylic acids is 1. The van der Waals surface area contributed by atoms with Gasteiger partial charge in [-0.25, -0.2) is 9.78 Å². The van der Waals surface area contributed by atoms with Crippen LogP contribution in [0.25, 0.3) is 0 Å². The number of nitrogens with zero attached hydrogens (tertiary/aromatic N) is 2. The molecule has 0 atom stereocenters. The summed E-state index contributed by atoms with van der Waals surface area (Å²) in [5.74, 6) is -1.58. The molecule has 0 radical (unpaired) electrons. The molecule has 0 aliphatic heterocycles. The van der Waals surface area contributed by atoms with E-state index in [0.29, 0.717) is 0 Å². The number of anilines is 1. The van der Waals surface area contributed by atoms with Crippen LogP contribution in [-0.4, -0.2) is 39.5 Å². The van der Waals surface area contributed by atoms with Crippen LogP contribution in [0.4, 0.5) is 11.5 Å². The van der Waals surface area contributed by atoms with Gasteiger partial charge in [-0.05, 0) is 18.9 Å². The highest BCUT2D eigenvalue weighted by Crippen LogP contribution is 2.22. The van der Waals surface area contributed by atoms with Crippen LogP contribution in [0.5, 0.6) is 0 Å². The summed E-state index contributed by atoms with van der Waals surface area (Å²) in [6, 6.07) is 2.38. The lowest BCUT2D eigenvalue weighted by molar-refractivity contribution is -0.384. The van der Waals surface area contributed by atoms with Gasteiger partial charge in [-0.3, -0.25) is 14.9 Å². The molecule has 0 saturated heterocycles. The normalized spacial score (nSPS) is 13.5. The number of rotatable bonds is 7. The molecule has 0 bridgehead atoms. The predicted molar refractivity (Wildman–Crippen MR) is 72.1 cm³/mol. The number of aromatic nitrogens is 1. The lowest BCUT2D eigenvalue weighted by Crippen LogP contribution is -2.27. The van der Waals surface area contributed by atoms with Crippen molar-refractivity contribution < 1.29 is 19.6 Å². The van der Waals surface area contributed by atoms with E-state index in [-0.39, 0.29) is 42.1 Å². The van der Waals surface area contributed by atoms with Gasteiger partial charge in [-0.1, -0.05) is 0 Å². The Kier molecular flexibility index (Phi) is 4.31. The number of carbonyl (C=O) groups excluding carboxylic acids is 1. The summed E-state index contributed by atoms with van der Waals surface area (Å²) in [6.07, 6.45) is 2.09. The average Bonchev–Trinajstić information content (AvgIpc) is 3.22. The van der Waals surface area contributed by atoms with Crippen molar-refractivity contribution in [3.63, 3.8) is 0 Å². The van der Waals surface area contributed by atoms with Gasteiger partial charge in [0.25, 0.3) is 0 Å². The molecule has 112 valence electrons. The van der Waals surface area contributed by atoms with E-state index in [4.69, 9.17) is 5.11 Å². The fourth-order valence-corrected chi connectivity index (χ4v) is 1.67. The summed E-state index contributed by atoms with van der Waals surface area (Å²) >= 11 is 0. The summed E-state index contributed by atoms with van der Waals surface area (Å²) in [5, 5.41) is 25.1. The van der Waals surface area contributed by atoms with E-state index in [2.05, 4.69) is 15.6 Å². The first-order chi connectivity index (χ1) is 9.97. The summed E-state index contributed by atoms with van der Waals surface area (Å²) in [7, 11) is 0. The molecule has 0 spiro atoms. The van der Waals surface area contributed by atoms with Gasteiger partial charge in [0.05, 0.1) is 4.92 Å². The smallest absolute Gasteiger partial charge is 0.354 e. The van der Waals surface area contributed by atoms with Gasteiger partial charge in [0.2, 0.25) is 11.7 Å². The van der Waals surface area contributed by atoms with Gasteiger partial charge < -0.3 is 15.7 Å². The maximum Gasteiger partial charge on any atom is 0.354 e. The SMILES string of the molecule is O=C(CCNc1nc(C(=O)O)ccc1[N+](=O)[O-])NC1CC1. The molecular weight excluding hydrogens is 280 g/mol. The maximum absolute atomic E-state index is 11.5. The van der Waals surface area contributed by atoms with E-state index in [1.807, 2.05) is 0 Å². The molecule has 1 fully saturated rings. The number of hydrogen-bond donors (Lipinski definition) is 3. The van der Waals surface area contributed by atoms with Gasteiger partial charge >= 0.3 is 11.7 Å². The Labute approximate surface area is 119 Å². The molecule has 9 heteroatoms. The molecule has 1 aliphatic carbocycles. The van der Waals surface area contributed by atoms with Crippen molar-refractivity contribution in [2.75, 3.05) is 11.9 Å². The van der Waals surface area contributed by atoms with Crippen molar-refractivity contribution in [2.24, 2.45) is 0 Å². The van der Waals surface area contributed by atoms with Crippen molar-refractivity contribution in [1.29, 1.82) is 0 Å². The molecule has 0 aromatic carbocycles. The molecule has 1 aliphatic rings. The Bertz CT molecular complexity index is 585. The van der Waals surface area contributed by atoms with Crippen molar-refractivity contribution in [2.45, 2.75) is 25.3 Å². The van der Waals surface area contributed by atoms with Crippen molar-refractivity contribution in [3.05, 3.63) is 27.9 Å². The molecule has 1 amide bonds. The molecule has 1 aromatic heterocycles. The largest absolute Gasteiger partial charge is 0.477 e. The van der Waals surface area contributed by atoms with Crippen LogP contribution in [0, 0.1) is 10.1 Å². The van der Waals surface area contributed by atoms with Crippen LogP contribution in [0.2, 0.25) is 0 Å². The van der Waals surface area contributed by atoms with E-state index in [1.165, 1.54) is 0 Å². The number of nitrogens with one attached hydrogen (secondary N) is 2. The quantitative estimate of drug-likeness (QED) is 0.499. The zero-order valence-electron chi connectivity index (χ0n) is 11.0. The standard InChI is InChI=1S/C12H14N4O5/c17-10(14-7-1-2-7)5-6-13-11-9(16(20)21)4-3-8(15-11)12(18)19/h3-4,7H,1-2,5-6H2,(H,13,15)(H,14,17)(H,18,19). The van der Waals surface area contributed by atoms with Gasteiger partial charge in [0.1, 0.15) is 0 Å². The third-order valence-electron chi connectivity index (χ3n) is 2.88. The lowest BCUT2D eigenvalue weighted by Gasteiger charge is -2.07. The van der Waals surface area contributed by atoms with Gasteiger partial charge in [-0.2, -0.15) is 0 Å². The first-order valence-electron chi connectivity index (χ1n) is 6.39. The van der Waals surface area contributed by atoms with Crippen molar-refractivity contribution >= 4 is 23.4 Å². The zero-order valence-corrected chi connectivity index (χ0v) is 11.0. The highest BCUT2D eigenvalue weighted by atomic mass is 16.6. The molecule has 1 saturated carbocycles. The zero-order chi connectivity index (χ0) is 15.4. The summed E-state index contributed by atoms with van der Waals surface area (Å²) in [4.78, 5) is 36.2. The summed E-state index contributed by atoms with van der Waals surface area (Å²) in [5.41, 5.74) is -0.631. The topological polar surface area (TPSA) is 134 Å². The molecule has 2 rings (SSSR count). The molecule has 1 aromatic rings. The monoisotopic (exact) mass is 294 g/mol. The van der Waals surface area contributed by atoms with E-state index in [1.54, 1.807) is 0 Å². The molecule has 0 unspecified atom stereocenters. The van der Waals surface area contributed by atoms with Gasteiger partial charge in [0.15, 0.2) is 5.69 Å². The minimum atomic E-state index is -1.28. The van der Waals surface area contributed by atoms with E-state index in [0.717, 1.165) is 25.0 Å². The van der Waals surface area contributed by atoms with Crippen LogP contribution in [0.3, 0.4) is 0 Å². The Morgan fingerprint density at radius 2 is 2.14 bits per heavy atom. The lowest BCUT2D eigenvalue weighted by atomic mass is 10.3. The number of carbonyl (C=O) groups is 2. The molecule has 21 heavy (non-hydrogen) atoms. The second-order valence-corrected chi connectivity index (χ2v) is 4.65.